The van der Waals surface area contributed by atoms with E-state index in [2.05, 4.69) is 5.32 Å². The number of halogens is 2. The highest BCUT2D eigenvalue weighted by Crippen LogP contribution is 2.52. The van der Waals surface area contributed by atoms with Crippen LogP contribution in [0.1, 0.15) is 29.3 Å². The normalized spacial score (nSPS) is 22.7. The number of fused-ring (bicyclic) bond motifs is 4. The highest BCUT2D eigenvalue weighted by molar-refractivity contribution is 8.17. The number of hydrogen-bond acceptors (Lipinski definition) is 6. The van der Waals surface area contributed by atoms with Crippen molar-refractivity contribution in [2.75, 3.05) is 0 Å². The van der Waals surface area contributed by atoms with Crippen LogP contribution in [0.2, 0.25) is 10.0 Å². The van der Waals surface area contributed by atoms with E-state index in [0.29, 0.717) is 44.2 Å². The molecule has 1 N–H and O–H groups in total. The minimum Gasteiger partial charge on any atom is -0.457 e. The molecule has 1 spiro atoms. The van der Waals surface area contributed by atoms with Crippen molar-refractivity contribution in [1.29, 1.82) is 0 Å². The average Bonchev–Trinajstić information content (AvgIpc) is 3.64. The van der Waals surface area contributed by atoms with E-state index >= 15 is 0 Å². The van der Waals surface area contributed by atoms with Gasteiger partial charge in [0.05, 0.1) is 32.3 Å². The van der Waals surface area contributed by atoms with Crippen LogP contribution in [-0.2, 0) is 0 Å². The molecule has 1 fully saturated rings. The Morgan fingerprint density at radius 3 is 2.55 bits per heavy atom. The van der Waals surface area contributed by atoms with Gasteiger partial charge in [-0.15, -0.1) is 0 Å². The van der Waals surface area contributed by atoms with Crippen molar-refractivity contribution < 1.29 is 13.9 Å². The van der Waals surface area contributed by atoms with Crippen LogP contribution in [0.3, 0.4) is 0 Å². The molecule has 9 heteroatoms. The third kappa shape index (κ3) is 3.73. The SMILES string of the molecule is O=C1NC2(Oc3ccccc3C3CC(c4ccccc4)=NN32)/C(=C/c2ccc(-c3c(Cl)cccc3Cl)o2)S1. The quantitative estimate of drug-likeness (QED) is 0.276. The second kappa shape index (κ2) is 8.98. The Labute approximate surface area is 232 Å². The Kier molecular flexibility index (Phi) is 5.54. The molecule has 0 radical (unpaired) electrons. The standard InChI is InChI=1S/C29H19Cl2N3O3S/c30-20-10-6-11-21(31)27(20)25-14-13-18(36-25)15-26-29(32-28(35)38-26)34-23(19-9-4-5-12-24(19)37-29)16-22(33-34)17-7-2-1-3-8-17/h1-15,23H,16H2,(H,32,35)/b26-15-. The van der Waals surface area contributed by atoms with E-state index in [1.807, 2.05) is 71.7 Å². The zero-order valence-electron chi connectivity index (χ0n) is 19.7. The minimum atomic E-state index is -1.31. The summed E-state index contributed by atoms with van der Waals surface area (Å²) in [6.07, 6.45) is 2.48. The molecule has 3 aliphatic heterocycles. The maximum absolute atomic E-state index is 12.9. The number of nitrogens with zero attached hydrogens (tertiary/aromatic N) is 2. The maximum Gasteiger partial charge on any atom is 0.314 e. The molecule has 1 amide bonds. The lowest BCUT2D eigenvalue weighted by Gasteiger charge is -2.44. The Morgan fingerprint density at radius 1 is 0.974 bits per heavy atom. The molecule has 3 aromatic carbocycles. The van der Waals surface area contributed by atoms with Gasteiger partial charge in [-0.1, -0.05) is 77.8 Å². The molecule has 4 aromatic rings. The number of para-hydroxylation sites is 1. The first kappa shape index (κ1) is 23.5. The van der Waals surface area contributed by atoms with E-state index in [-0.39, 0.29) is 11.3 Å². The van der Waals surface area contributed by atoms with Crippen LogP contribution in [-0.4, -0.2) is 21.8 Å². The first-order valence-corrected chi connectivity index (χ1v) is 13.6. The lowest BCUT2D eigenvalue weighted by atomic mass is 9.96. The van der Waals surface area contributed by atoms with Crippen molar-refractivity contribution in [2.24, 2.45) is 5.10 Å². The number of amides is 1. The monoisotopic (exact) mass is 559 g/mol. The van der Waals surface area contributed by atoms with E-state index in [1.165, 1.54) is 0 Å². The number of rotatable bonds is 3. The molecule has 38 heavy (non-hydrogen) atoms. The summed E-state index contributed by atoms with van der Waals surface area (Å²) >= 11 is 13.8. The molecule has 6 nitrogen and oxygen atoms in total. The van der Waals surface area contributed by atoms with Gasteiger partial charge in [0.2, 0.25) is 0 Å². The molecule has 2 unspecified atom stereocenters. The summed E-state index contributed by atoms with van der Waals surface area (Å²) in [7, 11) is 0. The predicted octanol–water partition coefficient (Wildman–Crippen LogP) is 7.95. The van der Waals surface area contributed by atoms with Gasteiger partial charge in [0.25, 0.3) is 5.24 Å². The van der Waals surface area contributed by atoms with Gasteiger partial charge in [0.1, 0.15) is 17.3 Å². The number of hydrogen-bond donors (Lipinski definition) is 1. The van der Waals surface area contributed by atoms with E-state index in [0.717, 1.165) is 28.6 Å². The predicted molar refractivity (Wildman–Crippen MR) is 150 cm³/mol. The first-order valence-electron chi connectivity index (χ1n) is 12.0. The molecule has 1 saturated heterocycles. The van der Waals surface area contributed by atoms with Crippen molar-refractivity contribution in [3.63, 3.8) is 0 Å². The van der Waals surface area contributed by atoms with E-state index in [4.69, 9.17) is 37.5 Å². The summed E-state index contributed by atoms with van der Waals surface area (Å²) in [5.74, 6) is 0.448. The van der Waals surface area contributed by atoms with Gasteiger partial charge < -0.3 is 9.15 Å². The number of ether oxygens (including phenoxy) is 1. The summed E-state index contributed by atoms with van der Waals surface area (Å²) in [6, 6.07) is 26.7. The second-order valence-corrected chi connectivity index (χ2v) is 10.9. The van der Waals surface area contributed by atoms with Gasteiger partial charge >= 0.3 is 5.85 Å². The van der Waals surface area contributed by atoms with Gasteiger partial charge in [0.15, 0.2) is 0 Å². The number of benzene rings is 3. The van der Waals surface area contributed by atoms with Crippen LogP contribution >= 0.6 is 35.0 Å². The minimum absolute atomic E-state index is 0.119. The summed E-state index contributed by atoms with van der Waals surface area (Å²) in [5.41, 5.74) is 3.59. The van der Waals surface area contributed by atoms with Crippen molar-refractivity contribution in [2.45, 2.75) is 18.3 Å². The average molecular weight is 560 g/mol. The highest BCUT2D eigenvalue weighted by Gasteiger charge is 2.58. The lowest BCUT2D eigenvalue weighted by molar-refractivity contribution is -0.0949. The lowest BCUT2D eigenvalue weighted by Crippen LogP contribution is -2.61. The Balaban J connectivity index is 1.34. The van der Waals surface area contributed by atoms with Crippen LogP contribution in [0.5, 0.6) is 5.75 Å². The molecule has 0 bridgehead atoms. The first-order chi connectivity index (χ1) is 18.5. The molecule has 188 valence electrons. The number of hydrazone groups is 1. The van der Waals surface area contributed by atoms with Crippen molar-refractivity contribution in [1.82, 2.24) is 10.3 Å². The summed E-state index contributed by atoms with van der Waals surface area (Å²) in [6.45, 7) is 0. The number of carbonyl (C=O) groups excluding carboxylic acids is 1. The fourth-order valence-electron chi connectivity index (χ4n) is 5.10. The Hall–Kier alpha value is -3.65. The van der Waals surface area contributed by atoms with Crippen LogP contribution in [0, 0.1) is 0 Å². The van der Waals surface area contributed by atoms with Crippen LogP contribution in [0.4, 0.5) is 4.79 Å². The van der Waals surface area contributed by atoms with Gasteiger partial charge in [-0.3, -0.25) is 10.1 Å². The Bertz CT molecular complexity index is 1630. The fraction of sp³-hybridized carbons (Fsp3) is 0.103. The molecule has 4 heterocycles. The topological polar surface area (TPSA) is 67.1 Å². The summed E-state index contributed by atoms with van der Waals surface area (Å²) in [4.78, 5) is 13.5. The zero-order chi connectivity index (χ0) is 25.9. The van der Waals surface area contributed by atoms with Crippen molar-refractivity contribution in [3.8, 4) is 17.1 Å². The molecule has 0 aliphatic carbocycles. The number of thioether (sulfide) groups is 1. The molecular weight excluding hydrogens is 541 g/mol. The molecule has 3 aliphatic rings. The van der Waals surface area contributed by atoms with Gasteiger partial charge in [0, 0.05) is 12.0 Å². The smallest absolute Gasteiger partial charge is 0.314 e. The second-order valence-electron chi connectivity index (χ2n) is 9.08. The third-order valence-electron chi connectivity index (χ3n) is 6.79. The van der Waals surface area contributed by atoms with E-state index in [1.54, 1.807) is 24.3 Å². The molecule has 0 saturated carbocycles. The van der Waals surface area contributed by atoms with Crippen LogP contribution in [0.15, 0.2) is 99.4 Å². The van der Waals surface area contributed by atoms with E-state index < -0.39 is 5.85 Å². The number of nitrogens with one attached hydrogen (secondary N) is 1. The third-order valence-corrected chi connectivity index (χ3v) is 8.32. The van der Waals surface area contributed by atoms with Gasteiger partial charge in [-0.2, -0.15) is 5.10 Å². The van der Waals surface area contributed by atoms with E-state index in [9.17, 15) is 4.79 Å². The molecular formula is C29H19Cl2N3O3S. The largest absolute Gasteiger partial charge is 0.457 e. The molecule has 2 atom stereocenters. The van der Waals surface area contributed by atoms with Gasteiger partial charge in [-0.25, -0.2) is 5.01 Å². The van der Waals surface area contributed by atoms with Crippen LogP contribution < -0.4 is 10.1 Å². The fourth-order valence-corrected chi connectivity index (χ4v) is 6.57. The van der Waals surface area contributed by atoms with Gasteiger partial charge in [-0.05, 0) is 53.7 Å². The molecule has 7 rings (SSSR count). The Morgan fingerprint density at radius 2 is 1.74 bits per heavy atom. The number of carbonyl (C=O) groups is 1. The summed E-state index contributed by atoms with van der Waals surface area (Å²) < 4.78 is 12.7. The van der Waals surface area contributed by atoms with Crippen molar-refractivity contribution >= 4 is 52.0 Å². The summed E-state index contributed by atoms with van der Waals surface area (Å²) in [5, 5.41) is 10.7. The van der Waals surface area contributed by atoms with Crippen molar-refractivity contribution in [3.05, 3.63) is 117 Å². The number of furan rings is 1. The highest BCUT2D eigenvalue weighted by atomic mass is 35.5. The molecule has 1 aromatic heterocycles. The maximum atomic E-state index is 12.9. The van der Waals surface area contributed by atoms with Crippen LogP contribution in [0.25, 0.3) is 17.4 Å². The zero-order valence-corrected chi connectivity index (χ0v) is 22.1.